The van der Waals surface area contributed by atoms with Crippen LogP contribution in [0.4, 0.5) is 0 Å². The molecular weight excluding hydrogens is 292 g/mol. The number of rotatable bonds is 6. The first-order chi connectivity index (χ1) is 9.62. The van der Waals surface area contributed by atoms with E-state index in [1.165, 1.54) is 12.8 Å². The van der Waals surface area contributed by atoms with Gasteiger partial charge in [0.1, 0.15) is 0 Å². The summed E-state index contributed by atoms with van der Waals surface area (Å²) in [7, 11) is -3.31. The van der Waals surface area contributed by atoms with Crippen molar-refractivity contribution >= 4 is 21.4 Å². The minimum absolute atomic E-state index is 0.00740. The van der Waals surface area contributed by atoms with E-state index in [0.29, 0.717) is 5.92 Å². The quantitative estimate of drug-likeness (QED) is 0.892. The van der Waals surface area contributed by atoms with Crippen molar-refractivity contribution in [2.24, 2.45) is 0 Å². The van der Waals surface area contributed by atoms with E-state index in [1.807, 2.05) is 35.7 Å². The highest BCUT2D eigenvalue weighted by Gasteiger charge is 2.26. The number of nitrogens with zero attached hydrogens (tertiary/aromatic N) is 1. The highest BCUT2D eigenvalue weighted by Crippen LogP contribution is 2.41. The van der Waals surface area contributed by atoms with Gasteiger partial charge in [-0.1, -0.05) is 30.3 Å². The van der Waals surface area contributed by atoms with Gasteiger partial charge in [-0.25, -0.2) is 18.1 Å². The van der Waals surface area contributed by atoms with Crippen LogP contribution in [0.1, 0.15) is 35.0 Å². The summed E-state index contributed by atoms with van der Waals surface area (Å²) in [6.45, 7) is 0.276. The van der Waals surface area contributed by atoms with Gasteiger partial charge in [-0.2, -0.15) is 0 Å². The SMILES string of the molecule is O=S(=O)(Cc1ccccc1)NCc1csc(C2CC2)n1. The molecule has 1 aliphatic carbocycles. The number of aromatic nitrogens is 1. The Morgan fingerprint density at radius 2 is 2.00 bits per heavy atom. The Hall–Kier alpha value is -1.24. The lowest BCUT2D eigenvalue weighted by Gasteiger charge is -2.05. The second kappa shape index (κ2) is 5.63. The molecule has 0 unspecified atom stereocenters. The fraction of sp³-hybridized carbons (Fsp3) is 0.357. The molecule has 1 saturated carbocycles. The first kappa shape index (κ1) is 13.7. The molecule has 3 rings (SSSR count). The van der Waals surface area contributed by atoms with Crippen molar-refractivity contribution in [2.45, 2.75) is 31.1 Å². The molecule has 0 atom stereocenters. The number of hydrogen-bond donors (Lipinski definition) is 1. The number of thiazole rings is 1. The molecule has 0 bridgehead atoms. The smallest absolute Gasteiger partial charge is 0.216 e. The van der Waals surface area contributed by atoms with Crippen molar-refractivity contribution in [2.75, 3.05) is 0 Å². The predicted octanol–water partition coefficient (Wildman–Crippen LogP) is 2.64. The largest absolute Gasteiger partial charge is 0.245 e. The van der Waals surface area contributed by atoms with Crippen LogP contribution in [0.15, 0.2) is 35.7 Å². The van der Waals surface area contributed by atoms with Gasteiger partial charge in [-0.3, -0.25) is 0 Å². The zero-order chi connectivity index (χ0) is 14.0. The Morgan fingerprint density at radius 3 is 2.70 bits per heavy atom. The molecule has 1 aliphatic rings. The van der Waals surface area contributed by atoms with Gasteiger partial charge in [-0.15, -0.1) is 11.3 Å². The van der Waals surface area contributed by atoms with Crippen LogP contribution in [0.5, 0.6) is 0 Å². The van der Waals surface area contributed by atoms with E-state index in [1.54, 1.807) is 11.3 Å². The zero-order valence-electron chi connectivity index (χ0n) is 11.0. The molecule has 0 spiro atoms. The Kier molecular flexibility index (Phi) is 3.87. The third-order valence-corrected chi connectivity index (χ3v) is 5.52. The second-order valence-corrected chi connectivity index (χ2v) is 7.71. The minimum Gasteiger partial charge on any atom is -0.245 e. The van der Waals surface area contributed by atoms with E-state index in [2.05, 4.69) is 9.71 Å². The molecule has 1 aromatic heterocycles. The molecule has 0 aliphatic heterocycles. The van der Waals surface area contributed by atoms with Crippen molar-refractivity contribution in [3.63, 3.8) is 0 Å². The van der Waals surface area contributed by atoms with Gasteiger partial charge in [0, 0.05) is 11.3 Å². The van der Waals surface area contributed by atoms with Gasteiger partial charge in [-0.05, 0) is 18.4 Å². The highest BCUT2D eigenvalue weighted by atomic mass is 32.2. The first-order valence-electron chi connectivity index (χ1n) is 6.58. The lowest BCUT2D eigenvalue weighted by molar-refractivity contribution is 0.579. The topological polar surface area (TPSA) is 59.1 Å². The standard InChI is InChI=1S/C14H16N2O2S2/c17-20(18,10-11-4-2-1-3-5-11)15-8-13-9-19-14(16-13)12-6-7-12/h1-5,9,12,15H,6-8,10H2. The van der Waals surface area contributed by atoms with Crippen LogP contribution in [0.25, 0.3) is 0 Å². The summed E-state index contributed by atoms with van der Waals surface area (Å²) in [5.74, 6) is 0.627. The van der Waals surface area contributed by atoms with E-state index in [9.17, 15) is 8.42 Å². The summed E-state index contributed by atoms with van der Waals surface area (Å²) >= 11 is 1.63. The Bertz CT molecular complexity index is 676. The fourth-order valence-electron chi connectivity index (χ4n) is 1.95. The van der Waals surface area contributed by atoms with Crippen molar-refractivity contribution in [3.05, 3.63) is 52.0 Å². The first-order valence-corrected chi connectivity index (χ1v) is 9.11. The van der Waals surface area contributed by atoms with Gasteiger partial charge >= 0.3 is 0 Å². The zero-order valence-corrected chi connectivity index (χ0v) is 12.6. The summed E-state index contributed by atoms with van der Waals surface area (Å²) in [6.07, 6.45) is 2.43. The predicted molar refractivity (Wildman–Crippen MR) is 80.0 cm³/mol. The number of hydrogen-bond acceptors (Lipinski definition) is 4. The monoisotopic (exact) mass is 308 g/mol. The Labute approximate surface area is 122 Å². The van der Waals surface area contributed by atoms with Crippen LogP contribution in [0.3, 0.4) is 0 Å². The number of nitrogens with one attached hydrogen (secondary N) is 1. The van der Waals surface area contributed by atoms with E-state index < -0.39 is 10.0 Å². The van der Waals surface area contributed by atoms with Gasteiger partial charge in [0.2, 0.25) is 10.0 Å². The minimum atomic E-state index is -3.31. The van der Waals surface area contributed by atoms with Crippen molar-refractivity contribution in [1.82, 2.24) is 9.71 Å². The van der Waals surface area contributed by atoms with Crippen LogP contribution < -0.4 is 4.72 Å². The van der Waals surface area contributed by atoms with Gasteiger partial charge in [0.15, 0.2) is 0 Å². The van der Waals surface area contributed by atoms with E-state index >= 15 is 0 Å². The third-order valence-electron chi connectivity index (χ3n) is 3.17. The molecule has 1 N–H and O–H groups in total. The summed E-state index contributed by atoms with van der Waals surface area (Å²) in [6, 6.07) is 9.18. The molecule has 0 saturated heterocycles. The molecule has 6 heteroatoms. The van der Waals surface area contributed by atoms with Crippen molar-refractivity contribution in [3.8, 4) is 0 Å². The fourth-order valence-corrected chi connectivity index (χ4v) is 4.04. The van der Waals surface area contributed by atoms with Crippen molar-refractivity contribution in [1.29, 1.82) is 0 Å². The van der Waals surface area contributed by atoms with E-state index in [-0.39, 0.29) is 12.3 Å². The second-order valence-electron chi connectivity index (χ2n) is 5.02. The van der Waals surface area contributed by atoms with Crippen LogP contribution >= 0.6 is 11.3 Å². The molecule has 1 heterocycles. The average molecular weight is 308 g/mol. The summed E-state index contributed by atoms with van der Waals surface area (Å²) in [5.41, 5.74) is 1.60. The molecular formula is C14H16N2O2S2. The maximum Gasteiger partial charge on any atom is 0.216 e. The lowest BCUT2D eigenvalue weighted by atomic mass is 10.2. The van der Waals surface area contributed by atoms with Crippen LogP contribution in [0, 0.1) is 0 Å². The maximum atomic E-state index is 12.0. The maximum absolute atomic E-state index is 12.0. The molecule has 0 radical (unpaired) electrons. The van der Waals surface area contributed by atoms with Gasteiger partial charge in [0.25, 0.3) is 0 Å². The van der Waals surface area contributed by atoms with Crippen LogP contribution in [-0.2, 0) is 22.3 Å². The van der Waals surface area contributed by atoms with Crippen LogP contribution in [-0.4, -0.2) is 13.4 Å². The molecule has 0 amide bonds. The summed E-state index contributed by atoms with van der Waals surface area (Å²) < 4.78 is 26.6. The lowest BCUT2D eigenvalue weighted by Crippen LogP contribution is -2.24. The molecule has 4 nitrogen and oxygen atoms in total. The molecule has 20 heavy (non-hydrogen) atoms. The summed E-state index contributed by atoms with van der Waals surface area (Å²) in [5, 5.41) is 3.08. The van der Waals surface area contributed by atoms with Gasteiger partial charge < -0.3 is 0 Å². The van der Waals surface area contributed by atoms with E-state index in [4.69, 9.17) is 0 Å². The summed E-state index contributed by atoms with van der Waals surface area (Å²) in [4.78, 5) is 4.47. The molecule has 2 aromatic rings. The molecule has 1 fully saturated rings. The van der Waals surface area contributed by atoms with E-state index in [0.717, 1.165) is 16.3 Å². The van der Waals surface area contributed by atoms with Crippen LogP contribution in [0.2, 0.25) is 0 Å². The number of sulfonamides is 1. The van der Waals surface area contributed by atoms with Gasteiger partial charge in [0.05, 0.1) is 23.0 Å². The highest BCUT2D eigenvalue weighted by molar-refractivity contribution is 7.88. The Morgan fingerprint density at radius 1 is 1.25 bits per heavy atom. The third kappa shape index (κ3) is 3.65. The normalized spacial score (nSPS) is 15.4. The molecule has 106 valence electrons. The number of benzene rings is 1. The van der Waals surface area contributed by atoms with Crippen molar-refractivity contribution < 1.29 is 8.42 Å². The average Bonchev–Trinajstić information content (AvgIpc) is 3.16. The molecule has 1 aromatic carbocycles. The Balaban J connectivity index is 1.58.